The molecule has 0 bridgehead atoms. The molecule has 1 aliphatic rings. The summed E-state index contributed by atoms with van der Waals surface area (Å²) >= 11 is 0. The fourth-order valence-electron chi connectivity index (χ4n) is 3.50. The summed E-state index contributed by atoms with van der Waals surface area (Å²) in [6.07, 6.45) is 0.976. The molecule has 0 amide bonds. The fourth-order valence-corrected chi connectivity index (χ4v) is 3.50. The van der Waals surface area contributed by atoms with E-state index in [2.05, 4.69) is 0 Å². The van der Waals surface area contributed by atoms with Gasteiger partial charge in [0.25, 0.3) is 0 Å². The molecule has 30 heavy (non-hydrogen) atoms. The van der Waals surface area contributed by atoms with Gasteiger partial charge < -0.3 is 28.4 Å². The molecule has 0 saturated carbocycles. The predicted molar refractivity (Wildman–Crippen MR) is 111 cm³/mol. The number of cyclic esters (lactones) is 1. The molecule has 0 unspecified atom stereocenters. The Morgan fingerprint density at radius 2 is 1.33 bits per heavy atom. The minimum atomic E-state index is -0.306. The molecule has 7 nitrogen and oxygen atoms in total. The summed E-state index contributed by atoms with van der Waals surface area (Å²) in [5, 5.41) is 0. The number of ether oxygens (including phenoxy) is 6. The Morgan fingerprint density at radius 3 is 1.90 bits per heavy atom. The molecule has 0 N–H and O–H groups in total. The van der Waals surface area contributed by atoms with Gasteiger partial charge in [-0.2, -0.15) is 0 Å². The minimum Gasteiger partial charge on any atom is -0.493 e. The summed E-state index contributed by atoms with van der Waals surface area (Å²) in [4.78, 5) is 12.4. The maximum absolute atomic E-state index is 12.4. The molecule has 2 aromatic carbocycles. The van der Waals surface area contributed by atoms with Crippen molar-refractivity contribution in [2.45, 2.75) is 12.8 Å². The molecule has 1 heterocycles. The van der Waals surface area contributed by atoms with Crippen molar-refractivity contribution in [1.29, 1.82) is 0 Å². The third kappa shape index (κ3) is 4.30. The molecule has 1 aliphatic heterocycles. The van der Waals surface area contributed by atoms with Gasteiger partial charge in [0.1, 0.15) is 6.61 Å². The smallest absolute Gasteiger partial charge is 0.334 e. The highest BCUT2D eigenvalue weighted by Gasteiger charge is 2.26. The maximum atomic E-state index is 12.4. The normalized spacial score (nSPS) is 13.2. The van der Waals surface area contributed by atoms with Crippen LogP contribution in [0.4, 0.5) is 0 Å². The Kier molecular flexibility index (Phi) is 6.72. The van der Waals surface area contributed by atoms with Gasteiger partial charge in [-0.1, -0.05) is 6.07 Å². The molecule has 0 fully saturated rings. The van der Waals surface area contributed by atoms with Crippen LogP contribution >= 0.6 is 0 Å². The summed E-state index contributed by atoms with van der Waals surface area (Å²) in [6.45, 7) is 0.271. The first-order valence-corrected chi connectivity index (χ1v) is 9.42. The molecule has 0 saturated heterocycles. The average Bonchev–Trinajstić information content (AvgIpc) is 3.11. The second kappa shape index (κ2) is 9.43. The van der Waals surface area contributed by atoms with Crippen LogP contribution in [0.5, 0.6) is 28.7 Å². The predicted octanol–water partition coefficient (Wildman–Crippen LogP) is 3.37. The zero-order chi connectivity index (χ0) is 21.7. The van der Waals surface area contributed by atoms with E-state index < -0.39 is 0 Å². The quantitative estimate of drug-likeness (QED) is 0.583. The van der Waals surface area contributed by atoms with Crippen LogP contribution in [0.25, 0.3) is 0 Å². The lowest BCUT2D eigenvalue weighted by Crippen LogP contribution is -2.04. The highest BCUT2D eigenvalue weighted by Crippen LogP contribution is 2.39. The first-order chi connectivity index (χ1) is 14.5. The van der Waals surface area contributed by atoms with Crippen molar-refractivity contribution in [2.24, 2.45) is 0 Å². The number of carbonyl (C=O) groups is 1. The van der Waals surface area contributed by atoms with Crippen LogP contribution < -0.4 is 23.7 Å². The van der Waals surface area contributed by atoms with Gasteiger partial charge >= 0.3 is 5.97 Å². The Morgan fingerprint density at radius 1 is 0.733 bits per heavy atom. The van der Waals surface area contributed by atoms with E-state index in [-0.39, 0.29) is 12.6 Å². The van der Waals surface area contributed by atoms with E-state index in [1.807, 2.05) is 30.3 Å². The summed E-state index contributed by atoms with van der Waals surface area (Å²) in [5.41, 5.74) is 3.44. The van der Waals surface area contributed by atoms with Gasteiger partial charge in [-0.25, -0.2) is 4.79 Å². The Labute approximate surface area is 176 Å². The first-order valence-electron chi connectivity index (χ1n) is 9.42. The van der Waals surface area contributed by atoms with E-state index in [0.29, 0.717) is 47.2 Å². The second-order valence-corrected chi connectivity index (χ2v) is 6.73. The average molecular weight is 414 g/mol. The van der Waals surface area contributed by atoms with Gasteiger partial charge in [0.05, 0.1) is 35.5 Å². The number of hydrogen-bond acceptors (Lipinski definition) is 7. The monoisotopic (exact) mass is 414 g/mol. The first kappa shape index (κ1) is 21.4. The van der Waals surface area contributed by atoms with Crippen molar-refractivity contribution < 1.29 is 33.2 Å². The second-order valence-electron chi connectivity index (χ2n) is 6.73. The van der Waals surface area contributed by atoms with Gasteiger partial charge in [-0.15, -0.1) is 0 Å². The SMILES string of the molecule is COc1ccc(CC2=C(Cc3cc(OC)c(OC)c(OC)c3)C(=O)OC2)cc1OC. The van der Waals surface area contributed by atoms with E-state index in [9.17, 15) is 4.79 Å². The lowest BCUT2D eigenvalue weighted by atomic mass is 9.96. The van der Waals surface area contributed by atoms with Gasteiger partial charge in [-0.05, 0) is 47.4 Å². The molecule has 160 valence electrons. The highest BCUT2D eigenvalue weighted by molar-refractivity contribution is 5.92. The van der Waals surface area contributed by atoms with Crippen LogP contribution in [0.3, 0.4) is 0 Å². The van der Waals surface area contributed by atoms with E-state index in [1.54, 1.807) is 35.5 Å². The topological polar surface area (TPSA) is 72.5 Å². The summed E-state index contributed by atoms with van der Waals surface area (Å²) in [6, 6.07) is 9.40. The van der Waals surface area contributed by atoms with Crippen molar-refractivity contribution in [3.63, 3.8) is 0 Å². The van der Waals surface area contributed by atoms with E-state index >= 15 is 0 Å². The van der Waals surface area contributed by atoms with Crippen molar-refractivity contribution in [3.05, 3.63) is 52.6 Å². The van der Waals surface area contributed by atoms with Crippen molar-refractivity contribution in [2.75, 3.05) is 42.2 Å². The van der Waals surface area contributed by atoms with E-state index in [4.69, 9.17) is 28.4 Å². The van der Waals surface area contributed by atoms with Crippen LogP contribution in [-0.4, -0.2) is 48.1 Å². The van der Waals surface area contributed by atoms with Crippen LogP contribution in [0, 0.1) is 0 Å². The van der Waals surface area contributed by atoms with E-state index in [0.717, 1.165) is 16.7 Å². The lowest BCUT2D eigenvalue weighted by molar-refractivity contribution is -0.136. The summed E-state index contributed by atoms with van der Waals surface area (Å²) < 4.78 is 32.2. The molecular weight excluding hydrogens is 388 g/mol. The lowest BCUT2D eigenvalue weighted by Gasteiger charge is -2.14. The van der Waals surface area contributed by atoms with Crippen LogP contribution in [0.2, 0.25) is 0 Å². The van der Waals surface area contributed by atoms with Gasteiger partial charge in [0, 0.05) is 12.0 Å². The largest absolute Gasteiger partial charge is 0.493 e. The standard InChI is InChI=1S/C23H26O7/c1-25-18-7-6-14(10-19(18)26-2)8-16-13-30-23(24)17(16)9-15-11-20(27-3)22(29-5)21(12-15)28-4/h6-7,10-12H,8-9,13H2,1-5H3. The number of benzene rings is 2. The number of esters is 1. The fraction of sp³-hybridized carbons (Fsp3) is 0.348. The van der Waals surface area contributed by atoms with Crippen LogP contribution in [0.1, 0.15) is 11.1 Å². The molecular formula is C23H26O7. The Hall–Kier alpha value is -3.35. The molecule has 0 atom stereocenters. The summed E-state index contributed by atoms with van der Waals surface area (Å²) in [5.74, 6) is 2.59. The Balaban J connectivity index is 1.92. The van der Waals surface area contributed by atoms with Gasteiger partial charge in [0.15, 0.2) is 23.0 Å². The van der Waals surface area contributed by atoms with Crippen LogP contribution in [0.15, 0.2) is 41.5 Å². The third-order valence-electron chi connectivity index (χ3n) is 5.02. The molecule has 0 spiro atoms. The molecule has 0 aliphatic carbocycles. The number of methoxy groups -OCH3 is 5. The third-order valence-corrected chi connectivity index (χ3v) is 5.02. The highest BCUT2D eigenvalue weighted by atomic mass is 16.5. The van der Waals surface area contributed by atoms with Crippen molar-refractivity contribution >= 4 is 5.97 Å². The number of hydrogen-bond donors (Lipinski definition) is 0. The molecule has 2 aromatic rings. The molecule has 0 radical (unpaired) electrons. The number of rotatable bonds is 9. The molecule has 3 rings (SSSR count). The van der Waals surface area contributed by atoms with Gasteiger partial charge in [-0.3, -0.25) is 0 Å². The van der Waals surface area contributed by atoms with Crippen molar-refractivity contribution in [3.8, 4) is 28.7 Å². The number of carbonyl (C=O) groups excluding carboxylic acids is 1. The zero-order valence-corrected chi connectivity index (χ0v) is 17.9. The zero-order valence-electron chi connectivity index (χ0n) is 17.9. The molecule has 0 aromatic heterocycles. The molecule has 7 heteroatoms. The minimum absolute atomic E-state index is 0.271. The Bertz CT molecular complexity index is 937. The summed E-state index contributed by atoms with van der Waals surface area (Å²) in [7, 11) is 7.87. The van der Waals surface area contributed by atoms with Crippen LogP contribution in [-0.2, 0) is 22.4 Å². The van der Waals surface area contributed by atoms with Crippen molar-refractivity contribution in [1.82, 2.24) is 0 Å². The van der Waals surface area contributed by atoms with E-state index in [1.165, 1.54) is 0 Å². The maximum Gasteiger partial charge on any atom is 0.334 e. The van der Waals surface area contributed by atoms with Gasteiger partial charge in [0.2, 0.25) is 5.75 Å².